The maximum absolute atomic E-state index is 4.61. The second-order valence-electron chi connectivity index (χ2n) is 6.77. The molecule has 2 aromatic heterocycles. The third-order valence-electron chi connectivity index (χ3n) is 4.55. The minimum absolute atomic E-state index is 0.823. The highest BCUT2D eigenvalue weighted by Gasteiger charge is 2.17. The highest BCUT2D eigenvalue weighted by Crippen LogP contribution is 2.35. The zero-order valence-electron chi connectivity index (χ0n) is 15.6. The summed E-state index contributed by atoms with van der Waals surface area (Å²) in [5, 5.41) is 4.54. The molecular weight excluding hydrogens is 334 g/mol. The van der Waals surface area contributed by atoms with E-state index < -0.39 is 0 Å². The van der Waals surface area contributed by atoms with E-state index >= 15 is 0 Å². The van der Waals surface area contributed by atoms with E-state index in [1.165, 1.54) is 0 Å². The number of nitrogens with one attached hydrogen (secondary N) is 1. The van der Waals surface area contributed by atoms with E-state index in [9.17, 15) is 0 Å². The lowest BCUT2D eigenvalue weighted by atomic mass is 10.1. The van der Waals surface area contributed by atoms with Crippen LogP contribution in [0.5, 0.6) is 0 Å². The first kappa shape index (κ1) is 17.2. The van der Waals surface area contributed by atoms with E-state index in [2.05, 4.69) is 81.4 Å². The quantitative estimate of drug-likeness (QED) is 0.565. The zero-order chi connectivity index (χ0) is 18.6. The average Bonchev–Trinajstić information content (AvgIpc) is 3.10. The molecule has 4 rings (SSSR count). The molecule has 0 saturated heterocycles. The van der Waals surface area contributed by atoms with Gasteiger partial charge in [-0.3, -0.25) is 0 Å². The van der Waals surface area contributed by atoms with Crippen LogP contribution in [-0.4, -0.2) is 46.6 Å². The Morgan fingerprint density at radius 1 is 0.926 bits per heavy atom. The summed E-state index contributed by atoms with van der Waals surface area (Å²) in [5.74, 6) is 0.871. The van der Waals surface area contributed by atoms with Crippen molar-refractivity contribution in [2.75, 3.05) is 32.5 Å². The SMILES string of the molecule is CN(C)CCNc1ncnc2c1c(-c1ccccc1)cn2-c1ccccc1. The molecule has 5 heteroatoms. The van der Waals surface area contributed by atoms with Gasteiger partial charge in [0.15, 0.2) is 5.65 Å². The second kappa shape index (κ2) is 7.60. The van der Waals surface area contributed by atoms with Gasteiger partial charge in [-0.15, -0.1) is 0 Å². The van der Waals surface area contributed by atoms with Crippen LogP contribution in [0, 0.1) is 0 Å². The van der Waals surface area contributed by atoms with E-state index in [0.717, 1.165) is 46.8 Å². The molecule has 0 aliphatic rings. The standard InChI is InChI=1S/C22H23N5/c1-26(2)14-13-23-21-20-19(17-9-5-3-6-10-17)15-27(22(20)25-16-24-21)18-11-7-4-8-12-18/h3-12,15-16H,13-14H2,1-2H3,(H,23,24,25). The van der Waals surface area contributed by atoms with Gasteiger partial charge >= 0.3 is 0 Å². The molecule has 2 aromatic carbocycles. The van der Waals surface area contributed by atoms with Crippen LogP contribution in [-0.2, 0) is 0 Å². The minimum atomic E-state index is 0.823. The second-order valence-corrected chi connectivity index (χ2v) is 6.77. The Kier molecular flexibility index (Phi) is 4.85. The van der Waals surface area contributed by atoms with Crippen LogP contribution in [0.4, 0.5) is 5.82 Å². The number of aromatic nitrogens is 3. The molecule has 0 atom stereocenters. The highest BCUT2D eigenvalue weighted by molar-refractivity contribution is 6.02. The Labute approximate surface area is 159 Å². The molecule has 5 nitrogen and oxygen atoms in total. The van der Waals surface area contributed by atoms with Crippen LogP contribution < -0.4 is 5.32 Å². The normalized spacial score (nSPS) is 11.2. The van der Waals surface area contributed by atoms with Crippen molar-refractivity contribution in [3.8, 4) is 16.8 Å². The van der Waals surface area contributed by atoms with Crippen molar-refractivity contribution < 1.29 is 0 Å². The molecule has 0 saturated carbocycles. The van der Waals surface area contributed by atoms with Gasteiger partial charge < -0.3 is 14.8 Å². The molecule has 0 aliphatic carbocycles. The monoisotopic (exact) mass is 357 g/mol. The van der Waals surface area contributed by atoms with Crippen LogP contribution >= 0.6 is 0 Å². The van der Waals surface area contributed by atoms with Crippen molar-refractivity contribution in [3.05, 3.63) is 73.2 Å². The first-order valence-corrected chi connectivity index (χ1v) is 9.09. The Balaban J connectivity index is 1.89. The van der Waals surface area contributed by atoms with Crippen LogP contribution in [0.1, 0.15) is 0 Å². The molecule has 0 amide bonds. The van der Waals surface area contributed by atoms with Crippen LogP contribution in [0.3, 0.4) is 0 Å². The topological polar surface area (TPSA) is 46.0 Å². The molecular formula is C22H23N5. The average molecular weight is 357 g/mol. The molecule has 27 heavy (non-hydrogen) atoms. The van der Waals surface area contributed by atoms with Gasteiger partial charge in [0.25, 0.3) is 0 Å². The predicted octanol–water partition coefficient (Wildman–Crippen LogP) is 4.06. The number of anilines is 1. The molecule has 0 fully saturated rings. The molecule has 1 N–H and O–H groups in total. The van der Waals surface area contributed by atoms with Gasteiger partial charge in [-0.2, -0.15) is 0 Å². The van der Waals surface area contributed by atoms with Crippen molar-refractivity contribution in [1.29, 1.82) is 0 Å². The lowest BCUT2D eigenvalue weighted by molar-refractivity contribution is 0.425. The van der Waals surface area contributed by atoms with Gasteiger partial charge in [0.1, 0.15) is 12.1 Å². The summed E-state index contributed by atoms with van der Waals surface area (Å²) in [6.45, 7) is 1.76. The van der Waals surface area contributed by atoms with Crippen molar-refractivity contribution in [2.45, 2.75) is 0 Å². The Morgan fingerprint density at radius 2 is 1.63 bits per heavy atom. The van der Waals surface area contributed by atoms with Gasteiger partial charge in [-0.05, 0) is 31.8 Å². The fourth-order valence-corrected chi connectivity index (χ4v) is 3.22. The van der Waals surface area contributed by atoms with Gasteiger partial charge in [0.2, 0.25) is 0 Å². The third kappa shape index (κ3) is 3.55. The number of hydrogen-bond acceptors (Lipinski definition) is 4. The minimum Gasteiger partial charge on any atom is -0.368 e. The van der Waals surface area contributed by atoms with Gasteiger partial charge in [-0.25, -0.2) is 9.97 Å². The summed E-state index contributed by atoms with van der Waals surface area (Å²) in [6.07, 6.45) is 3.79. The predicted molar refractivity (Wildman–Crippen MR) is 111 cm³/mol. The number of likely N-dealkylation sites (N-methyl/N-ethyl adjacent to an activating group) is 1. The van der Waals surface area contributed by atoms with E-state index in [1.54, 1.807) is 6.33 Å². The van der Waals surface area contributed by atoms with Crippen molar-refractivity contribution in [2.24, 2.45) is 0 Å². The van der Waals surface area contributed by atoms with E-state index in [1.807, 2.05) is 24.3 Å². The van der Waals surface area contributed by atoms with Crippen LogP contribution in [0.2, 0.25) is 0 Å². The van der Waals surface area contributed by atoms with Crippen LogP contribution in [0.15, 0.2) is 73.2 Å². The largest absolute Gasteiger partial charge is 0.368 e. The van der Waals surface area contributed by atoms with Crippen molar-refractivity contribution in [3.63, 3.8) is 0 Å². The number of rotatable bonds is 6. The van der Waals surface area contributed by atoms with E-state index in [4.69, 9.17) is 0 Å². The smallest absolute Gasteiger partial charge is 0.150 e. The summed E-state index contributed by atoms with van der Waals surface area (Å²) in [4.78, 5) is 11.3. The summed E-state index contributed by atoms with van der Waals surface area (Å²) < 4.78 is 2.14. The molecule has 0 bridgehead atoms. The Hall–Kier alpha value is -3.18. The summed E-state index contributed by atoms with van der Waals surface area (Å²) in [5.41, 5.74) is 4.27. The molecule has 0 radical (unpaired) electrons. The number of fused-ring (bicyclic) bond motifs is 1. The molecule has 0 unspecified atom stereocenters. The van der Waals surface area contributed by atoms with Gasteiger partial charge in [0, 0.05) is 30.5 Å². The number of benzene rings is 2. The summed E-state index contributed by atoms with van der Waals surface area (Å²) in [7, 11) is 4.14. The third-order valence-corrected chi connectivity index (χ3v) is 4.55. The van der Waals surface area contributed by atoms with E-state index in [0.29, 0.717) is 0 Å². The molecule has 0 spiro atoms. The fraction of sp³-hybridized carbons (Fsp3) is 0.182. The molecule has 136 valence electrons. The number of nitrogens with zero attached hydrogens (tertiary/aromatic N) is 4. The highest BCUT2D eigenvalue weighted by atomic mass is 15.1. The summed E-state index contributed by atoms with van der Waals surface area (Å²) in [6, 6.07) is 20.7. The Morgan fingerprint density at radius 3 is 2.33 bits per heavy atom. The fourth-order valence-electron chi connectivity index (χ4n) is 3.22. The number of para-hydroxylation sites is 1. The Bertz CT molecular complexity index is 1020. The maximum atomic E-state index is 4.61. The number of hydrogen-bond donors (Lipinski definition) is 1. The van der Waals surface area contributed by atoms with Crippen LogP contribution in [0.25, 0.3) is 27.8 Å². The lowest BCUT2D eigenvalue weighted by Crippen LogP contribution is -2.21. The first-order valence-electron chi connectivity index (χ1n) is 9.09. The zero-order valence-corrected chi connectivity index (χ0v) is 15.6. The summed E-state index contributed by atoms with van der Waals surface area (Å²) >= 11 is 0. The van der Waals surface area contributed by atoms with E-state index in [-0.39, 0.29) is 0 Å². The first-order chi connectivity index (χ1) is 13.2. The van der Waals surface area contributed by atoms with Gasteiger partial charge in [0.05, 0.1) is 5.39 Å². The van der Waals surface area contributed by atoms with Crippen molar-refractivity contribution >= 4 is 16.9 Å². The van der Waals surface area contributed by atoms with Crippen molar-refractivity contribution in [1.82, 2.24) is 19.4 Å². The maximum Gasteiger partial charge on any atom is 0.150 e. The molecule has 4 aromatic rings. The van der Waals surface area contributed by atoms with Gasteiger partial charge in [-0.1, -0.05) is 48.5 Å². The molecule has 0 aliphatic heterocycles. The lowest BCUT2D eigenvalue weighted by Gasteiger charge is -2.12. The molecule has 2 heterocycles.